The molecule has 0 atom stereocenters. The van der Waals surface area contributed by atoms with E-state index in [1.54, 1.807) is 0 Å². The van der Waals surface area contributed by atoms with Gasteiger partial charge in [-0.3, -0.25) is 14.3 Å². The van der Waals surface area contributed by atoms with Gasteiger partial charge in [0.15, 0.2) is 5.82 Å². The molecule has 0 aliphatic rings. The van der Waals surface area contributed by atoms with Crippen molar-refractivity contribution in [3.05, 3.63) is 65.8 Å². The highest BCUT2D eigenvalue weighted by Crippen LogP contribution is 2.29. The molecule has 3 aromatic rings. The molecule has 11 heteroatoms. The van der Waals surface area contributed by atoms with E-state index in [1.165, 1.54) is 31.2 Å². The predicted octanol–water partition coefficient (Wildman–Crippen LogP) is 2.88. The first-order valence-corrected chi connectivity index (χ1v) is 9.69. The molecule has 0 aliphatic carbocycles. The lowest BCUT2D eigenvalue weighted by molar-refractivity contribution is 0.572. The van der Waals surface area contributed by atoms with Crippen molar-refractivity contribution in [3.8, 4) is 0 Å². The van der Waals surface area contributed by atoms with Crippen LogP contribution < -0.4 is 15.8 Å². The number of benzene rings is 2. The fraction of sp³-hybridized carbons (Fsp3) is 0.0667. The Bertz CT molecular complexity index is 1270. The first-order chi connectivity index (χ1) is 12.1. The zero-order valence-corrected chi connectivity index (χ0v) is 16.1. The van der Waals surface area contributed by atoms with Crippen LogP contribution in [0.25, 0.3) is 11.0 Å². The molecular weight excluding hydrogens is 453 g/mol. The first-order valence-electron chi connectivity index (χ1n) is 7.03. The summed E-state index contributed by atoms with van der Waals surface area (Å²) in [5, 5.41) is 0.266. The zero-order valence-electron chi connectivity index (χ0n) is 13.0. The van der Waals surface area contributed by atoms with Crippen molar-refractivity contribution in [2.75, 3.05) is 4.72 Å². The van der Waals surface area contributed by atoms with Gasteiger partial charge < -0.3 is 9.97 Å². The van der Waals surface area contributed by atoms with E-state index in [1.807, 2.05) is 0 Å². The minimum absolute atomic E-state index is 0.0183. The fourth-order valence-electron chi connectivity index (χ4n) is 2.42. The second-order valence-electron chi connectivity index (χ2n) is 5.40. The average molecular weight is 463 g/mol. The highest BCUT2D eigenvalue weighted by molar-refractivity contribution is 9.10. The molecule has 3 N–H and O–H groups in total. The number of H-pyrrole nitrogens is 2. The molecule has 0 bridgehead atoms. The van der Waals surface area contributed by atoms with Gasteiger partial charge in [-0.2, -0.15) is 0 Å². The highest BCUT2D eigenvalue weighted by atomic mass is 79.9. The van der Waals surface area contributed by atoms with Gasteiger partial charge in [0.25, 0.3) is 10.0 Å². The van der Waals surface area contributed by atoms with Gasteiger partial charge in [-0.1, -0.05) is 11.6 Å². The van der Waals surface area contributed by atoms with Crippen molar-refractivity contribution in [1.29, 1.82) is 0 Å². The molecule has 136 valence electrons. The lowest BCUT2D eigenvalue weighted by Gasteiger charge is -2.13. The Kier molecular flexibility index (Phi) is 4.67. The lowest BCUT2D eigenvalue weighted by atomic mass is 10.2. The Morgan fingerprint density at radius 2 is 1.81 bits per heavy atom. The molecule has 0 saturated carbocycles. The summed E-state index contributed by atoms with van der Waals surface area (Å²) in [6, 6.07) is 5.60. The van der Waals surface area contributed by atoms with Gasteiger partial charge in [-0.25, -0.2) is 12.8 Å². The van der Waals surface area contributed by atoms with Gasteiger partial charge in [0.1, 0.15) is 10.4 Å². The van der Waals surface area contributed by atoms with Gasteiger partial charge in [0, 0.05) is 4.47 Å². The highest BCUT2D eigenvalue weighted by Gasteiger charge is 2.25. The summed E-state index contributed by atoms with van der Waals surface area (Å²) in [7, 11) is -4.33. The summed E-state index contributed by atoms with van der Waals surface area (Å²) < 4.78 is 43.0. The number of hydrogen-bond donors (Lipinski definition) is 3. The van der Waals surface area contributed by atoms with Crippen LogP contribution >= 0.6 is 27.5 Å². The number of fused-ring (bicyclic) bond motifs is 1. The summed E-state index contributed by atoms with van der Waals surface area (Å²) in [5.41, 5.74) is -2.30. The number of aromatic nitrogens is 2. The number of halogens is 3. The van der Waals surface area contributed by atoms with E-state index in [-0.39, 0.29) is 21.8 Å². The average Bonchev–Trinajstić information content (AvgIpc) is 2.52. The van der Waals surface area contributed by atoms with Crippen molar-refractivity contribution in [2.45, 2.75) is 11.8 Å². The summed E-state index contributed by atoms with van der Waals surface area (Å²) in [6.45, 7) is 1.37. The standard InChI is InChI=1S/C15H10BrClFN3O4S/c1-6-4-10-12(20-15(23)14(22)19-10)11(18)13(6)26(24,25)21-7-2-3-8(16)9(17)5-7/h2-5,21H,1H3,(H,19,22)(H,20,23). The van der Waals surface area contributed by atoms with Crippen LogP contribution in [0.2, 0.25) is 5.02 Å². The Labute approximate surface area is 159 Å². The molecule has 26 heavy (non-hydrogen) atoms. The second kappa shape index (κ2) is 6.53. The number of sulfonamides is 1. The first kappa shape index (κ1) is 18.6. The third kappa shape index (κ3) is 3.27. The Balaban J connectivity index is 2.19. The van der Waals surface area contributed by atoms with Crippen LogP contribution in [0.3, 0.4) is 0 Å². The number of anilines is 1. The van der Waals surface area contributed by atoms with E-state index < -0.39 is 37.4 Å². The van der Waals surface area contributed by atoms with E-state index in [0.717, 1.165) is 0 Å². The Hall–Kier alpha value is -2.17. The Morgan fingerprint density at radius 3 is 2.46 bits per heavy atom. The quantitative estimate of drug-likeness (QED) is 0.520. The number of nitrogens with one attached hydrogen (secondary N) is 3. The molecule has 3 rings (SSSR count). The maximum atomic E-state index is 14.8. The van der Waals surface area contributed by atoms with Crippen LogP contribution in [-0.2, 0) is 10.0 Å². The van der Waals surface area contributed by atoms with Gasteiger partial charge in [0.2, 0.25) is 0 Å². The summed E-state index contributed by atoms with van der Waals surface area (Å²) >= 11 is 9.12. The molecule has 1 heterocycles. The lowest BCUT2D eigenvalue weighted by Crippen LogP contribution is -2.29. The molecule has 2 aromatic carbocycles. The maximum Gasteiger partial charge on any atom is 0.314 e. The van der Waals surface area contributed by atoms with Gasteiger partial charge in [0.05, 0.1) is 16.2 Å². The van der Waals surface area contributed by atoms with E-state index >= 15 is 0 Å². The molecule has 0 aliphatic heterocycles. The molecule has 0 amide bonds. The molecular formula is C15H10BrClFN3O4S. The number of rotatable bonds is 3. The number of aryl methyl sites for hydroxylation is 1. The minimum atomic E-state index is -4.33. The van der Waals surface area contributed by atoms with Crippen molar-refractivity contribution in [2.24, 2.45) is 0 Å². The summed E-state index contributed by atoms with van der Waals surface area (Å²) in [6.07, 6.45) is 0. The zero-order chi connectivity index (χ0) is 19.2. The third-order valence-corrected chi connectivity index (χ3v) is 6.32. The van der Waals surface area contributed by atoms with E-state index in [4.69, 9.17) is 11.6 Å². The van der Waals surface area contributed by atoms with Crippen LogP contribution in [0.4, 0.5) is 10.1 Å². The topological polar surface area (TPSA) is 112 Å². The third-order valence-electron chi connectivity index (χ3n) is 3.54. The maximum absolute atomic E-state index is 14.8. The normalized spacial score (nSPS) is 11.7. The summed E-state index contributed by atoms with van der Waals surface area (Å²) in [5.74, 6) is -1.18. The molecule has 0 spiro atoms. The van der Waals surface area contributed by atoms with Crippen LogP contribution in [0, 0.1) is 12.7 Å². The molecule has 1 aromatic heterocycles. The monoisotopic (exact) mass is 461 g/mol. The van der Waals surface area contributed by atoms with Crippen LogP contribution in [0.1, 0.15) is 5.56 Å². The van der Waals surface area contributed by atoms with E-state index in [0.29, 0.717) is 4.47 Å². The predicted molar refractivity (Wildman–Crippen MR) is 99.8 cm³/mol. The molecule has 0 fully saturated rings. The molecule has 0 unspecified atom stereocenters. The van der Waals surface area contributed by atoms with Crippen LogP contribution in [0.15, 0.2) is 43.2 Å². The van der Waals surface area contributed by atoms with Crippen molar-refractivity contribution in [1.82, 2.24) is 9.97 Å². The molecule has 7 nitrogen and oxygen atoms in total. The minimum Gasteiger partial charge on any atom is -0.316 e. The molecule has 0 radical (unpaired) electrons. The van der Waals surface area contributed by atoms with Crippen LogP contribution in [-0.4, -0.2) is 18.4 Å². The summed E-state index contributed by atoms with van der Waals surface area (Å²) in [4.78, 5) is 26.4. The number of aromatic amines is 2. The molecule has 0 saturated heterocycles. The van der Waals surface area contributed by atoms with E-state index in [2.05, 4.69) is 30.6 Å². The van der Waals surface area contributed by atoms with Gasteiger partial charge in [-0.15, -0.1) is 0 Å². The van der Waals surface area contributed by atoms with Crippen LogP contribution in [0.5, 0.6) is 0 Å². The van der Waals surface area contributed by atoms with E-state index in [9.17, 15) is 22.4 Å². The SMILES string of the molecule is Cc1cc2[nH]c(=O)c(=O)[nH]c2c(F)c1S(=O)(=O)Nc1ccc(Br)c(Cl)c1. The van der Waals surface area contributed by atoms with Crippen molar-refractivity contribution in [3.63, 3.8) is 0 Å². The van der Waals surface area contributed by atoms with Crippen molar-refractivity contribution < 1.29 is 12.8 Å². The van der Waals surface area contributed by atoms with Crippen molar-refractivity contribution >= 4 is 54.3 Å². The largest absolute Gasteiger partial charge is 0.316 e. The smallest absolute Gasteiger partial charge is 0.314 e. The Morgan fingerprint density at radius 1 is 1.15 bits per heavy atom. The van der Waals surface area contributed by atoms with Gasteiger partial charge >= 0.3 is 11.1 Å². The fourth-order valence-corrected chi connectivity index (χ4v) is 4.21. The van der Waals surface area contributed by atoms with Gasteiger partial charge in [-0.05, 0) is 52.7 Å². The second-order valence-corrected chi connectivity index (χ2v) is 8.28. The number of hydrogen-bond acceptors (Lipinski definition) is 4.